The zero-order valence-corrected chi connectivity index (χ0v) is 14.9. The zero-order valence-electron chi connectivity index (χ0n) is 14.9. The maximum Gasteiger partial charge on any atom is 0.494 e. The molecule has 1 fully saturated rings. The van der Waals surface area contributed by atoms with E-state index >= 15 is 0 Å². The van der Waals surface area contributed by atoms with E-state index < -0.39 is 24.2 Å². The van der Waals surface area contributed by atoms with Crippen molar-refractivity contribution in [1.29, 1.82) is 0 Å². The van der Waals surface area contributed by atoms with E-state index in [0.29, 0.717) is 5.75 Å². The van der Waals surface area contributed by atoms with E-state index in [1.807, 2.05) is 45.9 Å². The van der Waals surface area contributed by atoms with Gasteiger partial charge >= 0.3 is 13.1 Å². The third-order valence-electron chi connectivity index (χ3n) is 4.77. The Balaban J connectivity index is 2.38. The Morgan fingerprint density at radius 3 is 2.13 bits per heavy atom. The fourth-order valence-corrected chi connectivity index (χ4v) is 2.44. The highest BCUT2D eigenvalue weighted by Gasteiger charge is 2.51. The number of carbonyl (C=O) groups excluding carboxylic acids is 1. The van der Waals surface area contributed by atoms with Crippen LogP contribution >= 0.6 is 0 Å². The van der Waals surface area contributed by atoms with Gasteiger partial charge in [0.2, 0.25) is 0 Å². The van der Waals surface area contributed by atoms with Crippen molar-refractivity contribution in [1.82, 2.24) is 0 Å². The van der Waals surface area contributed by atoms with Crippen LogP contribution < -0.4 is 10.2 Å². The van der Waals surface area contributed by atoms with Crippen molar-refractivity contribution in [2.75, 3.05) is 14.2 Å². The minimum atomic E-state index is -0.501. The van der Waals surface area contributed by atoms with Crippen LogP contribution in [0.1, 0.15) is 46.1 Å². The van der Waals surface area contributed by atoms with Gasteiger partial charge in [-0.1, -0.05) is 6.07 Å². The maximum absolute atomic E-state index is 11.8. The van der Waals surface area contributed by atoms with Crippen molar-refractivity contribution in [3.63, 3.8) is 0 Å². The summed E-state index contributed by atoms with van der Waals surface area (Å²) in [5.74, 6) is -0.0302. The molecule has 1 saturated heterocycles. The lowest BCUT2D eigenvalue weighted by Gasteiger charge is -2.32. The Morgan fingerprint density at radius 1 is 1.09 bits per heavy atom. The molecule has 0 aromatic heterocycles. The quantitative estimate of drug-likeness (QED) is 0.629. The molecule has 1 aromatic carbocycles. The molecule has 126 valence electrons. The Labute approximate surface area is 138 Å². The monoisotopic (exact) mass is 320 g/mol. The van der Waals surface area contributed by atoms with E-state index in [2.05, 4.69) is 0 Å². The Morgan fingerprint density at radius 2 is 1.65 bits per heavy atom. The van der Waals surface area contributed by atoms with Crippen LogP contribution in [0.15, 0.2) is 18.2 Å². The van der Waals surface area contributed by atoms with Gasteiger partial charge in [-0.15, -0.1) is 0 Å². The molecule has 1 aliphatic heterocycles. The summed E-state index contributed by atoms with van der Waals surface area (Å²) in [7, 11) is 2.48. The smallest absolute Gasteiger partial charge is 0.494 e. The maximum atomic E-state index is 11.8. The number of ether oxygens (including phenoxy) is 2. The van der Waals surface area contributed by atoms with Crippen LogP contribution in [0.25, 0.3) is 0 Å². The average molecular weight is 320 g/mol. The highest BCUT2D eigenvalue weighted by atomic mass is 16.7. The van der Waals surface area contributed by atoms with E-state index in [0.717, 1.165) is 11.0 Å². The fraction of sp³-hybridized carbons (Fsp3) is 0.588. The largest absolute Gasteiger partial charge is 0.497 e. The van der Waals surface area contributed by atoms with Crippen molar-refractivity contribution in [2.24, 2.45) is 0 Å². The molecular weight excluding hydrogens is 295 g/mol. The summed E-state index contributed by atoms with van der Waals surface area (Å²) >= 11 is 0. The van der Waals surface area contributed by atoms with Crippen LogP contribution in [0.4, 0.5) is 0 Å². The van der Waals surface area contributed by atoms with Crippen LogP contribution in [0, 0.1) is 0 Å². The predicted molar refractivity (Wildman–Crippen MR) is 89.1 cm³/mol. The normalized spacial score (nSPS) is 20.2. The van der Waals surface area contributed by atoms with Crippen molar-refractivity contribution >= 4 is 18.6 Å². The lowest BCUT2D eigenvalue weighted by molar-refractivity contribution is -0.141. The molecule has 1 atom stereocenters. The molecular formula is C17H25BO5. The van der Waals surface area contributed by atoms with Gasteiger partial charge in [0.1, 0.15) is 5.75 Å². The van der Waals surface area contributed by atoms with Gasteiger partial charge in [0, 0.05) is 0 Å². The van der Waals surface area contributed by atoms with Crippen LogP contribution in [-0.4, -0.2) is 38.5 Å². The summed E-state index contributed by atoms with van der Waals surface area (Å²) < 4.78 is 22.3. The molecule has 5 nitrogen and oxygen atoms in total. The number of carbonyl (C=O) groups is 1. The lowest BCUT2D eigenvalue weighted by atomic mass is 9.77. The second kappa shape index (κ2) is 6.17. The number of benzene rings is 1. The molecule has 0 amide bonds. The molecule has 1 aliphatic rings. The third kappa shape index (κ3) is 3.38. The van der Waals surface area contributed by atoms with E-state index in [4.69, 9.17) is 18.8 Å². The Hall–Kier alpha value is -1.53. The Bertz CT molecular complexity index is 581. The van der Waals surface area contributed by atoms with Gasteiger partial charge in [-0.3, -0.25) is 4.79 Å². The summed E-state index contributed by atoms with van der Waals surface area (Å²) in [4.78, 5) is 11.8. The first-order valence-electron chi connectivity index (χ1n) is 7.73. The molecule has 1 heterocycles. The van der Waals surface area contributed by atoms with E-state index in [1.54, 1.807) is 14.0 Å². The lowest BCUT2D eigenvalue weighted by Crippen LogP contribution is -2.41. The topological polar surface area (TPSA) is 54.0 Å². The van der Waals surface area contributed by atoms with E-state index in [-0.39, 0.29) is 5.97 Å². The summed E-state index contributed by atoms with van der Waals surface area (Å²) in [5.41, 5.74) is 0.790. The minimum absolute atomic E-state index is 0.293. The van der Waals surface area contributed by atoms with E-state index in [1.165, 1.54) is 7.11 Å². The van der Waals surface area contributed by atoms with E-state index in [9.17, 15) is 4.79 Å². The number of methoxy groups -OCH3 is 2. The van der Waals surface area contributed by atoms with Crippen molar-refractivity contribution in [3.8, 4) is 5.75 Å². The first kappa shape index (κ1) is 17.8. The number of hydrogen-bond donors (Lipinski definition) is 0. The first-order valence-corrected chi connectivity index (χ1v) is 7.73. The molecule has 0 bridgehead atoms. The fourth-order valence-electron chi connectivity index (χ4n) is 2.44. The molecule has 1 unspecified atom stereocenters. The van der Waals surface area contributed by atoms with Gasteiger partial charge < -0.3 is 18.8 Å². The molecule has 0 spiro atoms. The second-order valence-corrected chi connectivity index (χ2v) is 6.87. The van der Waals surface area contributed by atoms with Crippen LogP contribution in [0.5, 0.6) is 5.75 Å². The first-order chi connectivity index (χ1) is 10.6. The van der Waals surface area contributed by atoms with Gasteiger partial charge in [0.15, 0.2) is 0 Å². The van der Waals surface area contributed by atoms with Crippen molar-refractivity contribution in [2.45, 2.75) is 51.7 Å². The average Bonchev–Trinajstić information content (AvgIpc) is 2.73. The SMILES string of the molecule is COC(=O)C(C)c1cc(OC)cc(B2OC(C)(C)C(C)(C)O2)c1. The standard InChI is InChI=1S/C17H25BO5/c1-11(15(19)21-7)12-8-13(10-14(9-12)20-6)18-22-16(2,3)17(4,5)23-18/h8-11H,1-7H3. The summed E-state index contributed by atoms with van der Waals surface area (Å²) in [6, 6.07) is 5.61. The number of esters is 1. The van der Waals surface area contributed by atoms with Crippen molar-refractivity contribution < 1.29 is 23.6 Å². The Kier molecular flexibility index (Phi) is 4.78. The van der Waals surface area contributed by atoms with Crippen LogP contribution in [0.3, 0.4) is 0 Å². The predicted octanol–water partition coefficient (Wildman–Crippen LogP) is 2.27. The number of rotatable bonds is 4. The molecule has 0 saturated carbocycles. The molecule has 0 radical (unpaired) electrons. The van der Waals surface area contributed by atoms with Gasteiger partial charge in [-0.05, 0) is 57.8 Å². The molecule has 0 N–H and O–H groups in total. The zero-order chi connectivity index (χ0) is 17.4. The van der Waals surface area contributed by atoms with Gasteiger partial charge in [-0.2, -0.15) is 0 Å². The van der Waals surface area contributed by atoms with Gasteiger partial charge in [0.25, 0.3) is 0 Å². The molecule has 2 rings (SSSR count). The third-order valence-corrected chi connectivity index (χ3v) is 4.77. The van der Waals surface area contributed by atoms with Crippen LogP contribution in [0.2, 0.25) is 0 Å². The molecule has 1 aromatic rings. The summed E-state index contributed by atoms with van der Waals surface area (Å²) in [6.45, 7) is 9.82. The molecule has 0 aliphatic carbocycles. The second-order valence-electron chi connectivity index (χ2n) is 6.87. The summed E-state index contributed by atoms with van der Waals surface area (Å²) in [5, 5.41) is 0. The highest BCUT2D eigenvalue weighted by molar-refractivity contribution is 6.62. The van der Waals surface area contributed by atoms with Crippen molar-refractivity contribution in [3.05, 3.63) is 23.8 Å². The van der Waals surface area contributed by atoms with Crippen LogP contribution in [-0.2, 0) is 18.8 Å². The van der Waals surface area contributed by atoms with Gasteiger partial charge in [0.05, 0.1) is 31.3 Å². The van der Waals surface area contributed by atoms with Gasteiger partial charge in [-0.25, -0.2) is 0 Å². The molecule has 6 heteroatoms. The molecule has 23 heavy (non-hydrogen) atoms. The minimum Gasteiger partial charge on any atom is -0.497 e. The number of hydrogen-bond acceptors (Lipinski definition) is 5. The summed E-state index contributed by atoms with van der Waals surface area (Å²) in [6.07, 6.45) is 0. The highest BCUT2D eigenvalue weighted by Crippen LogP contribution is 2.37.